The summed E-state index contributed by atoms with van der Waals surface area (Å²) in [5, 5.41) is 5.44. The molecule has 2 N–H and O–H groups in total. The average molecular weight is 342 g/mol. The van der Waals surface area contributed by atoms with Crippen molar-refractivity contribution in [3.8, 4) is 0 Å². The number of amides is 2. The first kappa shape index (κ1) is 16.7. The number of furan rings is 1. The second-order valence-electron chi connectivity index (χ2n) is 5.25. The Kier molecular flexibility index (Phi) is 5.10. The summed E-state index contributed by atoms with van der Waals surface area (Å²) in [6.07, 6.45) is 3.23. The molecular formula is C17H18N4O4. The Morgan fingerprint density at radius 3 is 2.84 bits per heavy atom. The molecular weight excluding hydrogens is 324 g/mol. The molecule has 0 aliphatic carbocycles. The van der Waals surface area contributed by atoms with E-state index >= 15 is 0 Å². The Hall–Kier alpha value is -3.13. The fourth-order valence-corrected chi connectivity index (χ4v) is 2.38. The standard InChI is InChI=1S/C17H18N4O4/c1-24-10-7-18-16(22)14-13-6-2-3-8-21(13)15(20-14)17(23)19-11-12-5-4-9-25-12/h2-6,8-9H,7,10-11H2,1H3,(H,18,22)(H,19,23). The number of pyridine rings is 1. The molecule has 0 aliphatic heterocycles. The third kappa shape index (κ3) is 3.69. The number of nitrogens with one attached hydrogen (secondary N) is 2. The summed E-state index contributed by atoms with van der Waals surface area (Å²) in [7, 11) is 1.56. The molecule has 3 heterocycles. The van der Waals surface area contributed by atoms with Gasteiger partial charge in [0, 0.05) is 19.9 Å². The molecule has 8 nitrogen and oxygen atoms in total. The summed E-state index contributed by atoms with van der Waals surface area (Å²) in [6, 6.07) is 8.80. The van der Waals surface area contributed by atoms with E-state index in [2.05, 4.69) is 15.6 Å². The number of ether oxygens (including phenoxy) is 1. The number of rotatable bonds is 7. The number of aromatic nitrogens is 2. The fourth-order valence-electron chi connectivity index (χ4n) is 2.38. The van der Waals surface area contributed by atoms with Crippen LogP contribution in [-0.2, 0) is 11.3 Å². The molecule has 3 aromatic rings. The van der Waals surface area contributed by atoms with Crippen LogP contribution in [0.25, 0.3) is 5.52 Å². The van der Waals surface area contributed by atoms with Crippen LogP contribution >= 0.6 is 0 Å². The van der Waals surface area contributed by atoms with Gasteiger partial charge in [-0.3, -0.25) is 14.0 Å². The zero-order valence-corrected chi connectivity index (χ0v) is 13.7. The van der Waals surface area contributed by atoms with Gasteiger partial charge in [-0.15, -0.1) is 0 Å². The van der Waals surface area contributed by atoms with Crippen molar-refractivity contribution >= 4 is 17.3 Å². The Balaban J connectivity index is 1.83. The summed E-state index contributed by atoms with van der Waals surface area (Å²) >= 11 is 0. The van der Waals surface area contributed by atoms with E-state index < -0.39 is 5.91 Å². The van der Waals surface area contributed by atoms with E-state index in [1.54, 1.807) is 48.0 Å². The van der Waals surface area contributed by atoms with Gasteiger partial charge in [0.15, 0.2) is 5.69 Å². The predicted molar refractivity (Wildman–Crippen MR) is 89.3 cm³/mol. The summed E-state index contributed by atoms with van der Waals surface area (Å²) < 4.78 is 11.7. The number of hydrogen-bond donors (Lipinski definition) is 2. The third-order valence-corrected chi connectivity index (χ3v) is 3.56. The third-order valence-electron chi connectivity index (χ3n) is 3.56. The average Bonchev–Trinajstić information content (AvgIpc) is 3.27. The van der Waals surface area contributed by atoms with Gasteiger partial charge in [-0.25, -0.2) is 4.98 Å². The summed E-state index contributed by atoms with van der Waals surface area (Å²) in [5.74, 6) is 0.0187. The molecule has 0 bridgehead atoms. The maximum absolute atomic E-state index is 12.5. The van der Waals surface area contributed by atoms with Crippen LogP contribution in [0.2, 0.25) is 0 Å². The molecule has 25 heavy (non-hydrogen) atoms. The Morgan fingerprint density at radius 1 is 1.20 bits per heavy atom. The second kappa shape index (κ2) is 7.63. The fraction of sp³-hybridized carbons (Fsp3) is 0.235. The van der Waals surface area contributed by atoms with Crippen LogP contribution < -0.4 is 10.6 Å². The van der Waals surface area contributed by atoms with Crippen molar-refractivity contribution in [3.05, 3.63) is 60.1 Å². The number of methoxy groups -OCH3 is 1. The van der Waals surface area contributed by atoms with Crippen molar-refractivity contribution in [3.63, 3.8) is 0 Å². The minimum Gasteiger partial charge on any atom is -0.467 e. The van der Waals surface area contributed by atoms with Crippen LogP contribution in [0.3, 0.4) is 0 Å². The summed E-state index contributed by atoms with van der Waals surface area (Å²) in [5.41, 5.74) is 0.750. The molecule has 0 saturated carbocycles. The number of fused-ring (bicyclic) bond motifs is 1. The van der Waals surface area contributed by atoms with Gasteiger partial charge >= 0.3 is 0 Å². The highest BCUT2D eigenvalue weighted by Crippen LogP contribution is 2.13. The quantitative estimate of drug-likeness (QED) is 0.630. The minimum atomic E-state index is -0.395. The molecule has 0 radical (unpaired) electrons. The van der Waals surface area contributed by atoms with Crippen LogP contribution in [0.4, 0.5) is 0 Å². The van der Waals surface area contributed by atoms with Crippen LogP contribution in [0.5, 0.6) is 0 Å². The molecule has 0 saturated heterocycles. The van der Waals surface area contributed by atoms with E-state index in [-0.39, 0.29) is 24.0 Å². The Labute approximate surface area is 143 Å². The van der Waals surface area contributed by atoms with Crippen molar-refractivity contribution < 1.29 is 18.7 Å². The van der Waals surface area contributed by atoms with E-state index in [9.17, 15) is 9.59 Å². The molecule has 0 aliphatic rings. The van der Waals surface area contributed by atoms with Crippen molar-refractivity contribution in [1.82, 2.24) is 20.0 Å². The normalized spacial score (nSPS) is 10.8. The first-order valence-electron chi connectivity index (χ1n) is 7.75. The lowest BCUT2D eigenvalue weighted by Crippen LogP contribution is -2.28. The van der Waals surface area contributed by atoms with E-state index in [1.807, 2.05) is 0 Å². The highest BCUT2D eigenvalue weighted by Gasteiger charge is 2.21. The number of hydrogen-bond acceptors (Lipinski definition) is 5. The van der Waals surface area contributed by atoms with Crippen LogP contribution in [0, 0.1) is 0 Å². The number of nitrogens with zero attached hydrogens (tertiary/aromatic N) is 2. The van der Waals surface area contributed by atoms with Gasteiger partial charge in [-0.2, -0.15) is 0 Å². The van der Waals surface area contributed by atoms with Gasteiger partial charge in [0.05, 0.1) is 24.9 Å². The molecule has 130 valence electrons. The van der Waals surface area contributed by atoms with E-state index in [1.165, 1.54) is 6.26 Å². The van der Waals surface area contributed by atoms with Crippen molar-refractivity contribution in [2.75, 3.05) is 20.3 Å². The van der Waals surface area contributed by atoms with Crippen LogP contribution in [0.15, 0.2) is 47.2 Å². The topological polar surface area (TPSA) is 97.9 Å². The van der Waals surface area contributed by atoms with Crippen molar-refractivity contribution in [2.24, 2.45) is 0 Å². The number of carbonyl (C=O) groups is 2. The van der Waals surface area contributed by atoms with Gasteiger partial charge in [-0.1, -0.05) is 6.07 Å². The smallest absolute Gasteiger partial charge is 0.288 e. The van der Waals surface area contributed by atoms with E-state index in [4.69, 9.17) is 9.15 Å². The molecule has 0 fully saturated rings. The lowest BCUT2D eigenvalue weighted by Gasteiger charge is -2.02. The number of imidazole rings is 1. The Bertz CT molecular complexity index is 870. The van der Waals surface area contributed by atoms with Crippen molar-refractivity contribution in [2.45, 2.75) is 6.54 Å². The highest BCUT2D eigenvalue weighted by molar-refractivity contribution is 6.02. The molecule has 0 aromatic carbocycles. The first-order chi connectivity index (χ1) is 12.2. The lowest BCUT2D eigenvalue weighted by molar-refractivity contribution is 0.0933. The molecule has 3 aromatic heterocycles. The summed E-state index contributed by atoms with van der Waals surface area (Å²) in [6.45, 7) is 0.998. The van der Waals surface area contributed by atoms with Gasteiger partial charge in [0.2, 0.25) is 5.82 Å². The lowest BCUT2D eigenvalue weighted by atomic mass is 10.3. The molecule has 0 unspecified atom stereocenters. The van der Waals surface area contributed by atoms with Crippen LogP contribution in [0.1, 0.15) is 26.9 Å². The minimum absolute atomic E-state index is 0.138. The zero-order chi connectivity index (χ0) is 17.6. The van der Waals surface area contributed by atoms with Crippen LogP contribution in [-0.4, -0.2) is 41.5 Å². The molecule has 3 rings (SSSR count). The largest absolute Gasteiger partial charge is 0.467 e. The maximum atomic E-state index is 12.5. The predicted octanol–water partition coefficient (Wildman–Crippen LogP) is 1.23. The highest BCUT2D eigenvalue weighted by atomic mass is 16.5. The van der Waals surface area contributed by atoms with Gasteiger partial charge in [0.25, 0.3) is 11.8 Å². The molecule has 0 atom stereocenters. The van der Waals surface area contributed by atoms with E-state index in [0.29, 0.717) is 24.4 Å². The molecule has 2 amide bonds. The SMILES string of the molecule is COCCNC(=O)c1nc(C(=O)NCc2ccco2)n2ccccc12. The molecule has 0 spiro atoms. The van der Waals surface area contributed by atoms with Crippen molar-refractivity contribution in [1.29, 1.82) is 0 Å². The van der Waals surface area contributed by atoms with E-state index in [0.717, 1.165) is 0 Å². The number of carbonyl (C=O) groups excluding carboxylic acids is 2. The monoisotopic (exact) mass is 342 g/mol. The van der Waals surface area contributed by atoms with Gasteiger partial charge in [0.1, 0.15) is 5.76 Å². The van der Waals surface area contributed by atoms with Gasteiger partial charge in [-0.05, 0) is 24.3 Å². The Morgan fingerprint density at radius 2 is 2.08 bits per heavy atom. The molecule has 8 heteroatoms. The van der Waals surface area contributed by atoms with Gasteiger partial charge < -0.3 is 19.8 Å². The zero-order valence-electron chi connectivity index (χ0n) is 13.7. The maximum Gasteiger partial charge on any atom is 0.288 e. The second-order valence-corrected chi connectivity index (χ2v) is 5.25. The first-order valence-corrected chi connectivity index (χ1v) is 7.75. The summed E-state index contributed by atoms with van der Waals surface area (Å²) in [4.78, 5) is 29.0.